The lowest BCUT2D eigenvalue weighted by Crippen LogP contribution is -2.49. The average molecular weight is 373 g/mol. The highest BCUT2D eigenvalue weighted by atomic mass is 32.2. The number of benzene rings is 2. The molecule has 0 aliphatic carbocycles. The number of rotatable bonds is 4. The number of fused-ring (bicyclic) bond motifs is 1. The van der Waals surface area contributed by atoms with Gasteiger partial charge in [0.25, 0.3) is 0 Å². The molecule has 0 bridgehead atoms. The van der Waals surface area contributed by atoms with Crippen LogP contribution < -0.4 is 10.7 Å². The molecule has 7 nitrogen and oxygen atoms in total. The summed E-state index contributed by atoms with van der Waals surface area (Å²) >= 11 is 0. The Morgan fingerprint density at radius 3 is 2.42 bits per heavy atom. The maximum absolute atomic E-state index is 12.7. The third-order valence-corrected chi connectivity index (χ3v) is 6.44. The van der Waals surface area contributed by atoms with E-state index in [1.165, 1.54) is 4.31 Å². The Hall–Kier alpha value is -2.58. The Labute approximate surface area is 150 Å². The van der Waals surface area contributed by atoms with Gasteiger partial charge in [-0.2, -0.15) is 4.31 Å². The van der Waals surface area contributed by atoms with Crippen molar-refractivity contribution in [3.63, 3.8) is 0 Å². The lowest BCUT2D eigenvalue weighted by Gasteiger charge is -2.35. The minimum absolute atomic E-state index is 0.0100. The highest BCUT2D eigenvalue weighted by Crippen LogP contribution is 2.26. The highest BCUT2D eigenvalue weighted by Gasteiger charge is 2.28. The molecule has 1 aromatic heterocycles. The molecule has 0 spiro atoms. The minimum Gasteiger partial charge on any atom is -0.406 e. The number of aromatic amines is 1. The van der Waals surface area contributed by atoms with E-state index in [2.05, 4.69) is 4.98 Å². The molecule has 8 heteroatoms. The monoisotopic (exact) mass is 373 g/mol. The average Bonchev–Trinajstić information content (AvgIpc) is 3.02. The number of hydrogen-bond donors (Lipinski definition) is 1. The maximum Gasteiger partial charge on any atom is 0.417 e. The third kappa shape index (κ3) is 3.25. The van der Waals surface area contributed by atoms with E-state index in [9.17, 15) is 13.2 Å². The molecule has 2 aromatic carbocycles. The molecule has 1 fully saturated rings. The third-order valence-electron chi connectivity index (χ3n) is 4.59. The van der Waals surface area contributed by atoms with E-state index in [1.54, 1.807) is 6.07 Å². The number of anilines is 1. The zero-order valence-corrected chi connectivity index (χ0v) is 14.9. The van der Waals surface area contributed by atoms with Crippen molar-refractivity contribution < 1.29 is 12.8 Å². The van der Waals surface area contributed by atoms with Gasteiger partial charge >= 0.3 is 5.76 Å². The molecule has 1 aliphatic rings. The van der Waals surface area contributed by atoms with Gasteiger partial charge in [-0.15, -0.1) is 0 Å². The van der Waals surface area contributed by atoms with Crippen LogP contribution in [-0.2, 0) is 15.8 Å². The van der Waals surface area contributed by atoms with E-state index in [0.29, 0.717) is 37.3 Å². The van der Waals surface area contributed by atoms with Crippen LogP contribution in [0.25, 0.3) is 11.1 Å². The molecule has 2 heterocycles. The van der Waals surface area contributed by atoms with Crippen LogP contribution in [0.3, 0.4) is 0 Å². The number of piperazine rings is 1. The molecular formula is C18H19N3O4S. The van der Waals surface area contributed by atoms with Crippen LogP contribution in [0, 0.1) is 0 Å². The molecule has 4 rings (SSSR count). The second-order valence-electron chi connectivity index (χ2n) is 6.30. The van der Waals surface area contributed by atoms with E-state index in [1.807, 2.05) is 47.4 Å². The fourth-order valence-electron chi connectivity index (χ4n) is 3.29. The summed E-state index contributed by atoms with van der Waals surface area (Å²) in [6.45, 7) is 1.89. The van der Waals surface area contributed by atoms with Gasteiger partial charge in [0, 0.05) is 26.2 Å². The number of para-hydroxylation sites is 1. The Balaban J connectivity index is 1.49. The first kappa shape index (κ1) is 16.9. The van der Waals surface area contributed by atoms with Crippen molar-refractivity contribution in [3.05, 3.63) is 64.6 Å². The van der Waals surface area contributed by atoms with Gasteiger partial charge in [-0.1, -0.05) is 36.4 Å². The topological polar surface area (TPSA) is 86.6 Å². The standard InChI is InChI=1S/C18H19N3O4S/c22-18-19-15-7-4-8-16(17(15)25-18)20-9-11-21(12-10-20)26(23,24)13-14-5-2-1-3-6-14/h1-8H,9-13H2,(H,19,22). The number of oxazole rings is 1. The molecule has 0 radical (unpaired) electrons. The Morgan fingerprint density at radius 2 is 1.69 bits per heavy atom. The van der Waals surface area contributed by atoms with Crippen molar-refractivity contribution in [1.29, 1.82) is 0 Å². The van der Waals surface area contributed by atoms with Crippen molar-refractivity contribution in [2.24, 2.45) is 0 Å². The first-order valence-corrected chi connectivity index (χ1v) is 10.0. The van der Waals surface area contributed by atoms with Gasteiger partial charge in [0.1, 0.15) is 0 Å². The number of sulfonamides is 1. The second kappa shape index (κ2) is 6.62. The molecule has 0 saturated carbocycles. The Morgan fingerprint density at radius 1 is 0.962 bits per heavy atom. The summed E-state index contributed by atoms with van der Waals surface area (Å²) < 4.78 is 32.1. The summed E-state index contributed by atoms with van der Waals surface area (Å²) in [5.41, 5.74) is 2.75. The molecule has 0 amide bonds. The van der Waals surface area contributed by atoms with E-state index in [-0.39, 0.29) is 5.75 Å². The van der Waals surface area contributed by atoms with Gasteiger partial charge in [0.2, 0.25) is 10.0 Å². The summed E-state index contributed by atoms with van der Waals surface area (Å²) in [6, 6.07) is 14.7. The largest absolute Gasteiger partial charge is 0.417 e. The van der Waals surface area contributed by atoms with Crippen molar-refractivity contribution in [1.82, 2.24) is 9.29 Å². The quantitative estimate of drug-likeness (QED) is 0.753. The second-order valence-corrected chi connectivity index (χ2v) is 8.27. The van der Waals surface area contributed by atoms with E-state index in [0.717, 1.165) is 11.3 Å². The molecule has 1 aliphatic heterocycles. The van der Waals surface area contributed by atoms with Crippen molar-refractivity contribution in [2.75, 3.05) is 31.1 Å². The fraction of sp³-hybridized carbons (Fsp3) is 0.278. The zero-order valence-electron chi connectivity index (χ0n) is 14.1. The van der Waals surface area contributed by atoms with Gasteiger partial charge in [-0.25, -0.2) is 13.2 Å². The highest BCUT2D eigenvalue weighted by molar-refractivity contribution is 7.88. The Kier molecular flexibility index (Phi) is 4.29. The van der Waals surface area contributed by atoms with Crippen LogP contribution in [0.1, 0.15) is 5.56 Å². The van der Waals surface area contributed by atoms with Crippen LogP contribution in [0.15, 0.2) is 57.7 Å². The van der Waals surface area contributed by atoms with E-state index >= 15 is 0 Å². The molecule has 26 heavy (non-hydrogen) atoms. The lowest BCUT2D eigenvalue weighted by atomic mass is 10.2. The number of hydrogen-bond acceptors (Lipinski definition) is 5. The summed E-state index contributed by atoms with van der Waals surface area (Å²) in [7, 11) is -3.35. The first-order chi connectivity index (χ1) is 12.5. The first-order valence-electron chi connectivity index (χ1n) is 8.41. The summed E-state index contributed by atoms with van der Waals surface area (Å²) in [6.07, 6.45) is 0. The molecule has 1 N–H and O–H groups in total. The minimum atomic E-state index is -3.35. The molecule has 0 atom stereocenters. The van der Waals surface area contributed by atoms with E-state index < -0.39 is 15.8 Å². The van der Waals surface area contributed by atoms with Crippen molar-refractivity contribution in [2.45, 2.75) is 5.75 Å². The fourth-order valence-corrected chi connectivity index (χ4v) is 4.81. The van der Waals surface area contributed by atoms with Crippen LogP contribution >= 0.6 is 0 Å². The summed E-state index contributed by atoms with van der Waals surface area (Å²) in [4.78, 5) is 16.1. The number of H-pyrrole nitrogens is 1. The summed E-state index contributed by atoms with van der Waals surface area (Å²) in [5.74, 6) is -0.479. The Bertz CT molecular complexity index is 1060. The van der Waals surface area contributed by atoms with Gasteiger partial charge < -0.3 is 9.32 Å². The van der Waals surface area contributed by atoms with Crippen LogP contribution in [0.5, 0.6) is 0 Å². The molecular weight excluding hydrogens is 354 g/mol. The predicted octanol–water partition coefficient (Wildman–Crippen LogP) is 1.77. The molecule has 136 valence electrons. The lowest BCUT2D eigenvalue weighted by molar-refractivity contribution is 0.384. The molecule has 1 saturated heterocycles. The van der Waals surface area contributed by atoms with Crippen molar-refractivity contribution >= 4 is 26.8 Å². The van der Waals surface area contributed by atoms with Crippen LogP contribution in [-0.4, -0.2) is 43.9 Å². The number of nitrogens with one attached hydrogen (secondary N) is 1. The van der Waals surface area contributed by atoms with Crippen LogP contribution in [0.4, 0.5) is 5.69 Å². The SMILES string of the molecule is O=c1[nH]c2cccc(N3CCN(S(=O)(=O)Cc4ccccc4)CC3)c2o1. The predicted molar refractivity (Wildman–Crippen MR) is 99.7 cm³/mol. The van der Waals surface area contributed by atoms with Gasteiger partial charge in [0.05, 0.1) is 17.0 Å². The van der Waals surface area contributed by atoms with Gasteiger partial charge in [-0.3, -0.25) is 4.98 Å². The normalized spacial score (nSPS) is 16.2. The summed E-state index contributed by atoms with van der Waals surface area (Å²) in [5, 5.41) is 0. The molecule has 3 aromatic rings. The van der Waals surface area contributed by atoms with Crippen molar-refractivity contribution in [3.8, 4) is 0 Å². The maximum atomic E-state index is 12.7. The number of nitrogens with zero attached hydrogens (tertiary/aromatic N) is 2. The zero-order chi connectivity index (χ0) is 18.1. The number of aromatic nitrogens is 1. The van der Waals surface area contributed by atoms with Crippen LogP contribution in [0.2, 0.25) is 0 Å². The van der Waals surface area contributed by atoms with E-state index in [4.69, 9.17) is 4.42 Å². The smallest absolute Gasteiger partial charge is 0.406 e. The molecule has 0 unspecified atom stereocenters. The van der Waals surface area contributed by atoms with Gasteiger partial charge in [-0.05, 0) is 17.7 Å². The van der Waals surface area contributed by atoms with Gasteiger partial charge in [0.15, 0.2) is 5.58 Å².